The molecule has 0 radical (unpaired) electrons. The number of carbonyl (C=O) groups excluding carboxylic acids is 1. The number of carboxylic acid groups (broad SMARTS) is 1. The van der Waals surface area contributed by atoms with E-state index in [2.05, 4.69) is 0 Å². The average molecular weight is 317 g/mol. The maximum Gasteiger partial charge on any atom is 0.311 e. The van der Waals surface area contributed by atoms with Gasteiger partial charge in [-0.1, -0.05) is 30.7 Å². The van der Waals surface area contributed by atoms with Gasteiger partial charge in [0.2, 0.25) is 5.91 Å². The molecule has 1 saturated carbocycles. The molecule has 0 aromatic heterocycles. The third-order valence-corrected chi connectivity index (χ3v) is 5.12. The number of hydrogen-bond acceptors (Lipinski definition) is 2. The Hall–Kier alpha value is -2.17. The first kappa shape index (κ1) is 15.7. The molecule has 2 atom stereocenters. The molecule has 2 aliphatic rings. The molecular weight excluding hydrogens is 297 g/mol. The minimum Gasteiger partial charge on any atom is -0.481 e. The Bertz CT molecular complexity index is 640. The number of fused-ring (bicyclic) bond motifs is 1. The van der Waals surface area contributed by atoms with Crippen molar-refractivity contribution in [1.82, 2.24) is 4.90 Å². The van der Waals surface area contributed by atoms with Gasteiger partial charge in [-0.15, -0.1) is 0 Å². The van der Waals surface area contributed by atoms with Crippen molar-refractivity contribution < 1.29 is 19.1 Å². The lowest BCUT2D eigenvalue weighted by Gasteiger charge is -2.23. The number of halogens is 1. The average Bonchev–Trinajstić information content (AvgIpc) is 3.07. The van der Waals surface area contributed by atoms with E-state index in [4.69, 9.17) is 0 Å². The van der Waals surface area contributed by atoms with Gasteiger partial charge in [0.25, 0.3) is 0 Å². The normalized spacial score (nSPS) is 26.7. The van der Waals surface area contributed by atoms with Crippen LogP contribution in [0.3, 0.4) is 0 Å². The van der Waals surface area contributed by atoms with Crippen molar-refractivity contribution in [2.45, 2.75) is 25.7 Å². The van der Waals surface area contributed by atoms with E-state index in [0.717, 1.165) is 18.4 Å². The van der Waals surface area contributed by atoms with Crippen LogP contribution in [0.1, 0.15) is 31.2 Å². The molecule has 2 fully saturated rings. The number of rotatable bonds is 4. The number of benzene rings is 1. The van der Waals surface area contributed by atoms with Crippen LogP contribution in [0.4, 0.5) is 4.39 Å². The minimum atomic E-state index is -0.767. The molecular formula is C18H20FNO3. The molecule has 1 saturated heterocycles. The van der Waals surface area contributed by atoms with Gasteiger partial charge >= 0.3 is 5.97 Å². The van der Waals surface area contributed by atoms with Gasteiger partial charge in [0, 0.05) is 19.5 Å². The first-order chi connectivity index (χ1) is 11.0. The highest BCUT2D eigenvalue weighted by atomic mass is 19.1. The zero-order valence-corrected chi connectivity index (χ0v) is 12.9. The molecule has 0 bridgehead atoms. The lowest BCUT2D eigenvalue weighted by Crippen LogP contribution is -2.37. The maximum absolute atomic E-state index is 12.8. The fraction of sp³-hybridized carbons (Fsp3) is 0.444. The Morgan fingerprint density at radius 1 is 1.35 bits per heavy atom. The number of nitrogens with zero attached hydrogens (tertiary/aromatic N) is 1. The third-order valence-electron chi connectivity index (χ3n) is 5.12. The summed E-state index contributed by atoms with van der Waals surface area (Å²) in [4.78, 5) is 25.6. The lowest BCUT2D eigenvalue weighted by molar-refractivity contribution is -0.149. The van der Waals surface area contributed by atoms with Crippen molar-refractivity contribution in [2.24, 2.45) is 11.3 Å². The van der Waals surface area contributed by atoms with Crippen molar-refractivity contribution in [2.75, 3.05) is 13.1 Å². The van der Waals surface area contributed by atoms with Crippen molar-refractivity contribution in [1.29, 1.82) is 0 Å². The Morgan fingerprint density at radius 2 is 2.09 bits per heavy atom. The molecule has 4 nitrogen and oxygen atoms in total. The Balaban J connectivity index is 1.59. The van der Waals surface area contributed by atoms with Crippen LogP contribution in [0.15, 0.2) is 30.3 Å². The largest absolute Gasteiger partial charge is 0.481 e. The molecule has 5 heteroatoms. The Morgan fingerprint density at radius 3 is 2.74 bits per heavy atom. The summed E-state index contributed by atoms with van der Waals surface area (Å²) in [5.74, 6) is -1.01. The van der Waals surface area contributed by atoms with Crippen LogP contribution in [0.25, 0.3) is 6.08 Å². The van der Waals surface area contributed by atoms with Crippen LogP contribution in [0.5, 0.6) is 0 Å². The van der Waals surface area contributed by atoms with E-state index in [9.17, 15) is 19.1 Å². The molecule has 1 aromatic carbocycles. The summed E-state index contributed by atoms with van der Waals surface area (Å²) in [6.07, 6.45) is 6.26. The van der Waals surface area contributed by atoms with Gasteiger partial charge in [-0.3, -0.25) is 9.59 Å². The van der Waals surface area contributed by atoms with Crippen LogP contribution in [0.2, 0.25) is 0 Å². The molecule has 3 rings (SSSR count). The molecule has 0 spiro atoms. The molecule has 1 amide bonds. The zero-order chi connectivity index (χ0) is 16.4. The van der Waals surface area contributed by atoms with E-state index < -0.39 is 11.4 Å². The van der Waals surface area contributed by atoms with Crippen molar-refractivity contribution >= 4 is 18.0 Å². The van der Waals surface area contributed by atoms with Gasteiger partial charge < -0.3 is 10.0 Å². The van der Waals surface area contributed by atoms with E-state index in [0.29, 0.717) is 19.5 Å². The second-order valence-corrected chi connectivity index (χ2v) is 6.48. The summed E-state index contributed by atoms with van der Waals surface area (Å²) < 4.78 is 12.8. The highest BCUT2D eigenvalue weighted by Gasteiger charge is 2.55. The molecule has 1 heterocycles. The summed E-state index contributed by atoms with van der Waals surface area (Å²) in [6.45, 7) is 0.881. The summed E-state index contributed by atoms with van der Waals surface area (Å²) >= 11 is 0. The minimum absolute atomic E-state index is 0.0432. The lowest BCUT2D eigenvalue weighted by atomic mass is 9.81. The van der Waals surface area contributed by atoms with Crippen LogP contribution in [-0.2, 0) is 9.59 Å². The highest BCUT2D eigenvalue weighted by molar-refractivity contribution is 5.82. The number of carbonyl (C=O) groups is 2. The first-order valence-electron chi connectivity index (χ1n) is 7.94. The number of carboxylic acids is 1. The van der Waals surface area contributed by atoms with Crippen LogP contribution in [-0.4, -0.2) is 35.0 Å². The standard InChI is InChI=1S/C18H20FNO3/c19-15-8-6-13(7-9-15)3-1-5-16(21)20-11-14-4-2-10-18(14,12-20)17(22)23/h1,3,6-9,14H,2,4-5,10-12H2,(H,22,23)/b3-1+/t14-,18+/m0/s1. The Kier molecular flexibility index (Phi) is 4.20. The fourth-order valence-electron chi connectivity index (χ4n) is 3.83. The number of aliphatic carboxylic acids is 1. The number of hydrogen-bond donors (Lipinski definition) is 1. The second-order valence-electron chi connectivity index (χ2n) is 6.48. The van der Waals surface area contributed by atoms with Gasteiger partial charge in [-0.25, -0.2) is 4.39 Å². The van der Waals surface area contributed by atoms with Gasteiger partial charge in [-0.05, 0) is 36.5 Å². The number of likely N-dealkylation sites (tertiary alicyclic amines) is 1. The van der Waals surface area contributed by atoms with E-state index in [1.165, 1.54) is 12.1 Å². The highest BCUT2D eigenvalue weighted by Crippen LogP contribution is 2.48. The maximum atomic E-state index is 12.8. The van der Waals surface area contributed by atoms with Crippen molar-refractivity contribution in [3.8, 4) is 0 Å². The molecule has 1 aliphatic heterocycles. The summed E-state index contributed by atoms with van der Waals surface area (Å²) in [5.41, 5.74) is 0.107. The fourth-order valence-corrected chi connectivity index (χ4v) is 3.83. The van der Waals surface area contributed by atoms with Gasteiger partial charge in [0.05, 0.1) is 5.41 Å². The molecule has 1 aromatic rings. The quantitative estimate of drug-likeness (QED) is 0.929. The SMILES string of the molecule is O=C(C/C=C/c1ccc(F)cc1)N1C[C@@H]2CCC[C@@]2(C(=O)O)C1. The molecule has 1 aliphatic carbocycles. The summed E-state index contributed by atoms with van der Waals surface area (Å²) in [6, 6.07) is 6.05. The molecule has 0 unspecified atom stereocenters. The number of amides is 1. The summed E-state index contributed by atoms with van der Waals surface area (Å²) in [7, 11) is 0. The van der Waals surface area contributed by atoms with Gasteiger partial charge in [0.15, 0.2) is 0 Å². The molecule has 1 N–H and O–H groups in total. The van der Waals surface area contributed by atoms with Crippen LogP contribution in [0, 0.1) is 17.2 Å². The predicted octanol–water partition coefficient (Wildman–Crippen LogP) is 2.94. The smallest absolute Gasteiger partial charge is 0.311 e. The van der Waals surface area contributed by atoms with Gasteiger partial charge in [0.1, 0.15) is 5.82 Å². The third kappa shape index (κ3) is 3.00. The van der Waals surface area contributed by atoms with Crippen LogP contribution < -0.4 is 0 Å². The predicted molar refractivity (Wildman–Crippen MR) is 84.0 cm³/mol. The second kappa shape index (κ2) is 6.14. The van der Waals surface area contributed by atoms with Crippen LogP contribution >= 0.6 is 0 Å². The van der Waals surface area contributed by atoms with E-state index in [1.54, 1.807) is 29.2 Å². The van der Waals surface area contributed by atoms with Crippen molar-refractivity contribution in [3.63, 3.8) is 0 Å². The first-order valence-corrected chi connectivity index (χ1v) is 7.94. The molecule has 122 valence electrons. The monoisotopic (exact) mass is 317 g/mol. The van der Waals surface area contributed by atoms with Gasteiger partial charge in [-0.2, -0.15) is 0 Å². The van der Waals surface area contributed by atoms with E-state index >= 15 is 0 Å². The topological polar surface area (TPSA) is 57.6 Å². The van der Waals surface area contributed by atoms with E-state index in [-0.39, 0.29) is 24.1 Å². The van der Waals surface area contributed by atoms with Crippen molar-refractivity contribution in [3.05, 3.63) is 41.7 Å². The zero-order valence-electron chi connectivity index (χ0n) is 12.9. The van der Waals surface area contributed by atoms with E-state index in [1.807, 2.05) is 0 Å². The summed E-state index contributed by atoms with van der Waals surface area (Å²) in [5, 5.41) is 9.54. The Labute approximate surface area is 134 Å². The molecule has 23 heavy (non-hydrogen) atoms.